The molecule has 0 aromatic rings. The van der Waals surface area contributed by atoms with E-state index in [1.54, 1.807) is 0 Å². The Labute approximate surface area is 150 Å². The maximum absolute atomic E-state index is 11.6. The summed E-state index contributed by atoms with van der Waals surface area (Å²) in [6.07, 6.45) is -2.51. The van der Waals surface area contributed by atoms with Gasteiger partial charge in [0, 0.05) is 34.9 Å². The number of hydrogen-bond acceptors (Lipinski definition) is 10. The van der Waals surface area contributed by atoms with Crippen molar-refractivity contribution < 1.29 is 33.3 Å². The van der Waals surface area contributed by atoms with E-state index in [4.69, 9.17) is 18.9 Å². The molecule has 0 aliphatic carbocycles. The normalized spacial score (nSPS) is 30.8. The molecule has 0 radical (unpaired) electrons. The zero-order valence-corrected chi connectivity index (χ0v) is 15.6. The summed E-state index contributed by atoms with van der Waals surface area (Å²) in [6, 6.07) is -0.524. The Balaban J connectivity index is 2.30. The summed E-state index contributed by atoms with van der Waals surface area (Å²) in [5.74, 6) is -1.56. The van der Waals surface area contributed by atoms with Crippen LogP contribution in [0.4, 0.5) is 0 Å². The third-order valence-electron chi connectivity index (χ3n) is 3.53. The third-order valence-corrected chi connectivity index (χ3v) is 4.84. The van der Waals surface area contributed by atoms with Gasteiger partial charge in [-0.25, -0.2) is 0 Å². The number of thioether (sulfide) groups is 1. The zero-order valence-electron chi connectivity index (χ0n) is 14.8. The number of nitrogens with zero attached hydrogens (tertiary/aromatic N) is 2. The van der Waals surface area contributed by atoms with E-state index >= 15 is 0 Å². The highest BCUT2D eigenvalue weighted by Gasteiger charge is 2.53. The Hall–Kier alpha value is -1.81. The molecule has 0 unspecified atom stereocenters. The molecule has 25 heavy (non-hydrogen) atoms. The highest BCUT2D eigenvalue weighted by atomic mass is 32.2. The van der Waals surface area contributed by atoms with Gasteiger partial charge in [0.2, 0.25) is 0 Å². The van der Waals surface area contributed by atoms with Crippen LogP contribution in [0.1, 0.15) is 20.8 Å². The van der Waals surface area contributed by atoms with Gasteiger partial charge in [-0.15, -0.1) is 0 Å². The molecule has 0 aromatic heterocycles. The third kappa shape index (κ3) is 4.85. The molecule has 0 saturated carbocycles. The summed E-state index contributed by atoms with van der Waals surface area (Å²) in [6.45, 7) is 3.67. The second kappa shape index (κ2) is 8.05. The fraction of sp³-hybridized carbons (Fsp3) is 0.733. The van der Waals surface area contributed by atoms with Crippen LogP contribution in [-0.4, -0.2) is 78.5 Å². The smallest absolute Gasteiger partial charge is 0.303 e. The second-order valence-corrected chi connectivity index (χ2v) is 6.97. The van der Waals surface area contributed by atoms with Gasteiger partial charge in [-0.3, -0.25) is 19.4 Å². The summed E-state index contributed by atoms with van der Waals surface area (Å²) >= 11 is 1.37. The first-order chi connectivity index (χ1) is 11.7. The molecular weight excluding hydrogens is 352 g/mol. The second-order valence-electron chi connectivity index (χ2n) is 5.91. The molecule has 9 nitrogen and oxygen atoms in total. The summed E-state index contributed by atoms with van der Waals surface area (Å²) in [5.41, 5.74) is -0.436. The van der Waals surface area contributed by atoms with E-state index in [2.05, 4.69) is 4.99 Å². The van der Waals surface area contributed by atoms with Crippen molar-refractivity contribution in [3.63, 3.8) is 0 Å². The van der Waals surface area contributed by atoms with Gasteiger partial charge in [0.15, 0.2) is 17.4 Å². The van der Waals surface area contributed by atoms with Crippen LogP contribution in [0.3, 0.4) is 0 Å². The number of carbonyl (C=O) groups is 3. The van der Waals surface area contributed by atoms with Crippen LogP contribution < -0.4 is 0 Å². The summed E-state index contributed by atoms with van der Waals surface area (Å²) in [4.78, 5) is 40.6. The lowest BCUT2D eigenvalue weighted by atomic mass is 9.98. The van der Waals surface area contributed by atoms with Crippen molar-refractivity contribution in [2.75, 3.05) is 20.7 Å². The topological polar surface area (TPSA) is 104 Å². The predicted molar refractivity (Wildman–Crippen MR) is 88.9 cm³/mol. The van der Waals surface area contributed by atoms with Crippen LogP contribution in [0, 0.1) is 0 Å². The lowest BCUT2D eigenvalue weighted by molar-refractivity contribution is -0.208. The molecule has 2 aliphatic heterocycles. The standard InChI is InChI=1S/C15H22N2O7S/c1-7(18)21-6-10-12(22-8(2)19)13(23-9(3)20)11-14(24-10)25-15(16-11)17(4)5/h10-14H,6H2,1-5H3/t10-,11+,12-,13-,14+/m1/s1. The SMILES string of the molecule is CC(=O)OC[C@H]1O[C@H]2SC(N(C)C)=N[C@H]2[C@@H](OC(C)=O)[C@@H]1OC(C)=O. The van der Waals surface area contributed by atoms with Crippen LogP contribution in [0.15, 0.2) is 4.99 Å². The number of fused-ring (bicyclic) bond motifs is 1. The average molecular weight is 374 g/mol. The number of carbonyl (C=O) groups excluding carboxylic acids is 3. The van der Waals surface area contributed by atoms with E-state index in [1.165, 1.54) is 32.5 Å². The van der Waals surface area contributed by atoms with Gasteiger partial charge in [-0.1, -0.05) is 11.8 Å². The van der Waals surface area contributed by atoms with E-state index in [-0.39, 0.29) is 6.61 Å². The van der Waals surface area contributed by atoms with Gasteiger partial charge in [0.1, 0.15) is 24.2 Å². The van der Waals surface area contributed by atoms with Crippen molar-refractivity contribution in [1.29, 1.82) is 0 Å². The molecule has 2 heterocycles. The molecule has 0 amide bonds. The Bertz CT molecular complexity index is 580. The van der Waals surface area contributed by atoms with Crippen LogP contribution in [0.5, 0.6) is 0 Å². The van der Waals surface area contributed by atoms with Crippen molar-refractivity contribution in [1.82, 2.24) is 4.90 Å². The fourth-order valence-corrected chi connectivity index (χ4v) is 3.76. The number of rotatable bonds is 4. The lowest BCUT2D eigenvalue weighted by Crippen LogP contribution is -2.59. The molecule has 1 fully saturated rings. The predicted octanol–water partition coefficient (Wildman–Crippen LogP) is 0.171. The molecule has 5 atom stereocenters. The highest BCUT2D eigenvalue weighted by molar-refractivity contribution is 8.14. The Morgan fingerprint density at radius 3 is 2.20 bits per heavy atom. The number of ether oxygens (including phenoxy) is 4. The molecule has 0 N–H and O–H groups in total. The van der Waals surface area contributed by atoms with Crippen LogP contribution in [0.2, 0.25) is 0 Å². The Kier molecular flexibility index (Phi) is 6.28. The summed E-state index contributed by atoms with van der Waals surface area (Å²) < 4.78 is 21.7. The van der Waals surface area contributed by atoms with Crippen molar-refractivity contribution in [3.8, 4) is 0 Å². The first kappa shape index (κ1) is 19.5. The molecule has 140 valence electrons. The molecule has 10 heteroatoms. The molecule has 0 aromatic carbocycles. The molecule has 1 saturated heterocycles. The number of hydrogen-bond donors (Lipinski definition) is 0. The van der Waals surface area contributed by atoms with Crippen molar-refractivity contribution in [3.05, 3.63) is 0 Å². The van der Waals surface area contributed by atoms with E-state index in [0.29, 0.717) is 5.17 Å². The number of aliphatic imine (C=N–C) groups is 1. The van der Waals surface area contributed by atoms with Crippen molar-refractivity contribution >= 4 is 34.8 Å². The Morgan fingerprint density at radius 1 is 1.08 bits per heavy atom. The summed E-state index contributed by atoms with van der Waals surface area (Å²) in [5, 5.41) is 0.710. The lowest BCUT2D eigenvalue weighted by Gasteiger charge is -2.41. The zero-order chi connectivity index (χ0) is 18.7. The first-order valence-electron chi connectivity index (χ1n) is 7.74. The maximum atomic E-state index is 11.6. The van der Waals surface area contributed by atoms with Gasteiger partial charge < -0.3 is 23.8 Å². The van der Waals surface area contributed by atoms with E-state index in [9.17, 15) is 14.4 Å². The van der Waals surface area contributed by atoms with Crippen LogP contribution in [-0.2, 0) is 33.3 Å². The van der Waals surface area contributed by atoms with Gasteiger partial charge in [-0.2, -0.15) is 0 Å². The van der Waals surface area contributed by atoms with Crippen molar-refractivity contribution in [2.24, 2.45) is 4.99 Å². The highest BCUT2D eigenvalue weighted by Crippen LogP contribution is 2.39. The van der Waals surface area contributed by atoms with Crippen LogP contribution >= 0.6 is 11.8 Å². The quantitative estimate of drug-likeness (QED) is 0.503. The minimum absolute atomic E-state index is 0.119. The van der Waals surface area contributed by atoms with Crippen LogP contribution in [0.25, 0.3) is 0 Å². The van der Waals surface area contributed by atoms with E-state index in [1.807, 2.05) is 19.0 Å². The average Bonchev–Trinajstić information content (AvgIpc) is 2.91. The largest absolute Gasteiger partial charge is 0.463 e. The molecule has 0 bridgehead atoms. The first-order valence-corrected chi connectivity index (χ1v) is 8.62. The number of amidine groups is 1. The molecule has 2 aliphatic rings. The molecular formula is C15H22N2O7S. The Morgan fingerprint density at radius 2 is 1.68 bits per heavy atom. The van der Waals surface area contributed by atoms with Gasteiger partial charge in [-0.05, 0) is 0 Å². The molecule has 2 rings (SSSR count). The maximum Gasteiger partial charge on any atom is 0.303 e. The van der Waals surface area contributed by atoms with E-state index in [0.717, 1.165) is 0 Å². The minimum atomic E-state index is -0.923. The fourth-order valence-electron chi connectivity index (χ4n) is 2.60. The summed E-state index contributed by atoms with van der Waals surface area (Å²) in [7, 11) is 3.67. The minimum Gasteiger partial charge on any atom is -0.463 e. The monoisotopic (exact) mass is 374 g/mol. The van der Waals surface area contributed by atoms with Crippen molar-refractivity contribution in [2.45, 2.75) is 50.6 Å². The van der Waals surface area contributed by atoms with E-state index < -0.39 is 47.7 Å². The van der Waals surface area contributed by atoms with Gasteiger partial charge in [0.25, 0.3) is 0 Å². The number of esters is 3. The molecule has 0 spiro atoms. The van der Waals surface area contributed by atoms with Gasteiger partial charge >= 0.3 is 17.9 Å². The van der Waals surface area contributed by atoms with Gasteiger partial charge in [0.05, 0.1) is 0 Å².